The third-order valence-corrected chi connectivity index (χ3v) is 6.77. The Morgan fingerprint density at radius 2 is 1.83 bits per heavy atom. The maximum atomic E-state index is 6.67. The third kappa shape index (κ3) is 3.82. The van der Waals surface area contributed by atoms with Crippen LogP contribution in [0.25, 0.3) is 0 Å². The van der Waals surface area contributed by atoms with Crippen LogP contribution in [0.15, 0.2) is 22.8 Å². The first-order valence-corrected chi connectivity index (χ1v) is 9.98. The van der Waals surface area contributed by atoms with Gasteiger partial charge >= 0.3 is 0 Å². The molecule has 1 nitrogen and oxygen atoms in total. The van der Waals surface area contributed by atoms with Gasteiger partial charge in [-0.25, -0.2) is 0 Å². The minimum absolute atomic E-state index is 0.00878. The molecule has 2 aliphatic carbocycles. The number of rotatable bonds is 3. The molecule has 0 radical (unpaired) electrons. The van der Waals surface area contributed by atoms with E-state index in [9.17, 15) is 0 Å². The number of ether oxygens (including phenoxy) is 1. The van der Waals surface area contributed by atoms with E-state index in [0.29, 0.717) is 17.3 Å². The molecule has 0 bridgehead atoms. The molecule has 0 heterocycles. The van der Waals surface area contributed by atoms with Crippen LogP contribution in [0, 0.1) is 17.3 Å². The van der Waals surface area contributed by atoms with Crippen LogP contribution in [0.4, 0.5) is 0 Å². The first kappa shape index (κ1) is 19.8. The van der Waals surface area contributed by atoms with Gasteiger partial charge in [0, 0.05) is 0 Å². The molecule has 0 aliphatic heterocycles. The van der Waals surface area contributed by atoms with Crippen LogP contribution in [0.5, 0.6) is 0 Å². The van der Waals surface area contributed by atoms with Gasteiger partial charge in [0.05, 0.1) is 11.2 Å². The van der Waals surface area contributed by atoms with Crippen LogP contribution < -0.4 is 0 Å². The molecule has 0 aromatic rings. The van der Waals surface area contributed by atoms with Crippen molar-refractivity contribution in [3.63, 3.8) is 0 Å². The van der Waals surface area contributed by atoms with Gasteiger partial charge in [-0.3, -0.25) is 0 Å². The summed E-state index contributed by atoms with van der Waals surface area (Å²) >= 11 is 0. The minimum atomic E-state index is -0.0704. The van der Waals surface area contributed by atoms with Gasteiger partial charge in [-0.05, 0) is 96.5 Å². The molecule has 0 spiro atoms. The lowest BCUT2D eigenvalue weighted by molar-refractivity contribution is -0.191. The zero-order valence-electron chi connectivity index (χ0n) is 17.7. The lowest BCUT2D eigenvalue weighted by Crippen LogP contribution is -2.54. The Morgan fingerprint density at radius 3 is 2.38 bits per heavy atom. The van der Waals surface area contributed by atoms with Gasteiger partial charge in [0.25, 0.3) is 0 Å². The van der Waals surface area contributed by atoms with Gasteiger partial charge in [0.2, 0.25) is 0 Å². The van der Waals surface area contributed by atoms with Crippen molar-refractivity contribution in [2.45, 2.75) is 106 Å². The summed E-state index contributed by atoms with van der Waals surface area (Å²) in [4.78, 5) is 0. The molecule has 1 heteroatoms. The largest absolute Gasteiger partial charge is 0.369 e. The summed E-state index contributed by atoms with van der Waals surface area (Å²) in [6.45, 7) is 20.8. The van der Waals surface area contributed by atoms with E-state index in [1.807, 2.05) is 0 Å². The predicted octanol–water partition coefficient (Wildman–Crippen LogP) is 7.08. The highest BCUT2D eigenvalue weighted by atomic mass is 16.5. The van der Waals surface area contributed by atoms with Gasteiger partial charge in [0.15, 0.2) is 0 Å². The van der Waals surface area contributed by atoms with Crippen molar-refractivity contribution in [1.82, 2.24) is 0 Å². The van der Waals surface area contributed by atoms with Crippen LogP contribution in [-0.4, -0.2) is 11.2 Å². The molecule has 138 valence electrons. The van der Waals surface area contributed by atoms with Gasteiger partial charge < -0.3 is 4.74 Å². The van der Waals surface area contributed by atoms with E-state index in [2.05, 4.69) is 68.4 Å². The standard InChI is InChI=1S/C23H40O/c1-16(2)17(3)15-19-11-12-20-22(8,18(19)4)13-10-14-23(20,9)24-21(5,6)7/h15-16,20H,10-14H2,1-9H3/b17-15+. The highest BCUT2D eigenvalue weighted by Crippen LogP contribution is 2.58. The molecule has 0 aromatic heterocycles. The van der Waals surface area contributed by atoms with Crippen LogP contribution in [0.1, 0.15) is 94.4 Å². The minimum Gasteiger partial charge on any atom is -0.369 e. The zero-order chi connectivity index (χ0) is 18.3. The third-order valence-electron chi connectivity index (χ3n) is 6.77. The van der Waals surface area contributed by atoms with Gasteiger partial charge in [0.1, 0.15) is 0 Å². The Balaban J connectivity index is 2.39. The molecule has 1 fully saturated rings. The Bertz CT molecular complexity index is 531. The van der Waals surface area contributed by atoms with E-state index < -0.39 is 0 Å². The quantitative estimate of drug-likeness (QED) is 0.536. The Labute approximate surface area is 150 Å². The van der Waals surface area contributed by atoms with Crippen molar-refractivity contribution < 1.29 is 4.74 Å². The summed E-state index contributed by atoms with van der Waals surface area (Å²) in [7, 11) is 0. The number of fused-ring (bicyclic) bond motifs is 1. The van der Waals surface area contributed by atoms with Crippen molar-refractivity contribution in [2.75, 3.05) is 0 Å². The van der Waals surface area contributed by atoms with E-state index in [4.69, 9.17) is 4.74 Å². The fourth-order valence-corrected chi connectivity index (χ4v) is 5.20. The van der Waals surface area contributed by atoms with E-state index in [1.165, 1.54) is 37.7 Å². The normalized spacial score (nSPS) is 35.4. The molecular formula is C23H40O. The molecular weight excluding hydrogens is 292 g/mol. The highest BCUT2D eigenvalue weighted by molar-refractivity contribution is 5.36. The highest BCUT2D eigenvalue weighted by Gasteiger charge is 2.53. The number of hydrogen-bond donors (Lipinski definition) is 0. The SMILES string of the molecule is CC1=C(/C=C(\C)C(C)C)CCC2C(C)(OC(C)(C)C)CCCC12C. The van der Waals surface area contributed by atoms with Crippen molar-refractivity contribution in [3.05, 3.63) is 22.8 Å². The summed E-state index contributed by atoms with van der Waals surface area (Å²) in [5.41, 5.74) is 4.96. The smallest absolute Gasteiger partial charge is 0.0698 e. The lowest BCUT2D eigenvalue weighted by Gasteiger charge is -2.56. The van der Waals surface area contributed by atoms with Crippen molar-refractivity contribution in [1.29, 1.82) is 0 Å². The lowest BCUT2D eigenvalue weighted by atomic mass is 9.53. The average Bonchev–Trinajstić information content (AvgIpc) is 2.41. The summed E-state index contributed by atoms with van der Waals surface area (Å²) < 4.78 is 6.67. The molecule has 3 unspecified atom stereocenters. The van der Waals surface area contributed by atoms with E-state index in [1.54, 1.807) is 11.1 Å². The molecule has 1 saturated carbocycles. The average molecular weight is 333 g/mol. The van der Waals surface area contributed by atoms with E-state index >= 15 is 0 Å². The summed E-state index contributed by atoms with van der Waals surface area (Å²) in [5.74, 6) is 1.27. The topological polar surface area (TPSA) is 9.23 Å². The van der Waals surface area contributed by atoms with Crippen molar-refractivity contribution in [3.8, 4) is 0 Å². The summed E-state index contributed by atoms with van der Waals surface area (Å²) in [6.07, 6.45) is 8.74. The maximum Gasteiger partial charge on any atom is 0.0698 e. The molecule has 0 aromatic carbocycles. The molecule has 2 aliphatic rings. The maximum absolute atomic E-state index is 6.67. The molecule has 24 heavy (non-hydrogen) atoms. The first-order valence-electron chi connectivity index (χ1n) is 9.98. The van der Waals surface area contributed by atoms with Gasteiger partial charge in [-0.1, -0.05) is 38.0 Å². The van der Waals surface area contributed by atoms with E-state index in [0.717, 1.165) is 0 Å². The Hall–Kier alpha value is -0.560. The zero-order valence-corrected chi connectivity index (χ0v) is 17.7. The van der Waals surface area contributed by atoms with Gasteiger partial charge in [-0.2, -0.15) is 0 Å². The van der Waals surface area contributed by atoms with Crippen molar-refractivity contribution >= 4 is 0 Å². The van der Waals surface area contributed by atoms with Crippen LogP contribution in [-0.2, 0) is 4.74 Å². The second-order valence-electron chi connectivity index (χ2n) is 10.1. The number of allylic oxidation sites excluding steroid dienone is 4. The first-order chi connectivity index (χ1) is 10.9. The molecule has 0 saturated heterocycles. The summed E-state index contributed by atoms with van der Waals surface area (Å²) in [6, 6.07) is 0. The van der Waals surface area contributed by atoms with Crippen LogP contribution >= 0.6 is 0 Å². The predicted molar refractivity (Wildman–Crippen MR) is 105 cm³/mol. The van der Waals surface area contributed by atoms with Gasteiger partial charge in [-0.15, -0.1) is 0 Å². The second kappa shape index (κ2) is 6.63. The van der Waals surface area contributed by atoms with Crippen LogP contribution in [0.2, 0.25) is 0 Å². The fraction of sp³-hybridized carbons (Fsp3) is 0.826. The Kier molecular flexibility index (Phi) is 5.46. The monoisotopic (exact) mass is 332 g/mol. The molecule has 2 rings (SSSR count). The van der Waals surface area contributed by atoms with Crippen LogP contribution in [0.3, 0.4) is 0 Å². The Morgan fingerprint density at radius 1 is 1.21 bits per heavy atom. The van der Waals surface area contributed by atoms with E-state index in [-0.39, 0.29) is 11.2 Å². The number of hydrogen-bond acceptors (Lipinski definition) is 1. The molecule has 0 amide bonds. The fourth-order valence-electron chi connectivity index (χ4n) is 5.20. The summed E-state index contributed by atoms with van der Waals surface area (Å²) in [5, 5.41) is 0. The molecule has 3 atom stereocenters. The van der Waals surface area contributed by atoms with Crippen molar-refractivity contribution in [2.24, 2.45) is 17.3 Å². The second-order valence-corrected chi connectivity index (χ2v) is 10.1. The molecule has 0 N–H and O–H groups in total.